The van der Waals surface area contributed by atoms with E-state index >= 15 is 0 Å². The van der Waals surface area contributed by atoms with Crippen molar-refractivity contribution in [3.8, 4) is 0 Å². The summed E-state index contributed by atoms with van der Waals surface area (Å²) in [6, 6.07) is 7.32. The minimum absolute atomic E-state index is 0.144. The molecule has 2 amide bonds. The molecule has 2 aliphatic rings. The summed E-state index contributed by atoms with van der Waals surface area (Å²) in [6.45, 7) is 5.61. The second-order valence-corrected chi connectivity index (χ2v) is 14.5. The third-order valence-corrected chi connectivity index (χ3v) is 10.1. The van der Waals surface area contributed by atoms with E-state index in [0.717, 1.165) is 38.5 Å². The van der Waals surface area contributed by atoms with Gasteiger partial charge in [-0.25, -0.2) is 0 Å². The zero-order valence-corrected chi connectivity index (χ0v) is 31.3. The molecule has 4 rings (SSSR count). The van der Waals surface area contributed by atoms with Crippen molar-refractivity contribution in [3.63, 3.8) is 0 Å². The summed E-state index contributed by atoms with van der Waals surface area (Å²) in [7, 11) is 0. The number of hydrogen-bond acceptors (Lipinski definition) is 4. The van der Waals surface area contributed by atoms with Gasteiger partial charge in [0.05, 0.1) is 11.1 Å². The molecule has 4 heterocycles. The zero-order chi connectivity index (χ0) is 32.7. The summed E-state index contributed by atoms with van der Waals surface area (Å²) in [6.07, 6.45) is 24.4. The van der Waals surface area contributed by atoms with Crippen LogP contribution in [0, 0.1) is 0 Å². The molecule has 2 aromatic heterocycles. The van der Waals surface area contributed by atoms with Crippen LogP contribution in [0.2, 0.25) is 0 Å². The van der Waals surface area contributed by atoms with Crippen molar-refractivity contribution in [1.82, 2.24) is 9.80 Å². The van der Waals surface area contributed by atoms with Gasteiger partial charge in [-0.2, -0.15) is 0 Å². The van der Waals surface area contributed by atoms with Gasteiger partial charge in [-0.15, -0.1) is 0 Å². The Labute approximate surface area is 293 Å². The van der Waals surface area contributed by atoms with Gasteiger partial charge in [0.1, 0.15) is 11.4 Å². The number of furan rings is 2. The van der Waals surface area contributed by atoms with Crippen LogP contribution in [0.1, 0.15) is 154 Å². The van der Waals surface area contributed by atoms with Crippen molar-refractivity contribution in [2.24, 2.45) is 0 Å². The zero-order valence-electron chi connectivity index (χ0n) is 28.1. The Morgan fingerprint density at radius 2 is 0.783 bits per heavy atom. The third kappa shape index (κ3) is 9.98. The van der Waals surface area contributed by atoms with Crippen LogP contribution < -0.4 is 0 Å². The van der Waals surface area contributed by atoms with Crippen LogP contribution >= 0.6 is 31.9 Å². The number of amides is 2. The first-order chi connectivity index (χ1) is 22.5. The number of fused-ring (bicyclic) bond motifs is 1. The molecule has 2 aliphatic heterocycles. The standard InChI is InChI=1S/C38H54Br2N2O4/c1-3-5-7-9-11-13-15-17-19-21-27-41-35(29-23-25-31(39)45-29)33-34(37(41)43)36(30-24-26-32(40)46-30)42(38(33)44)28-22-20-18-16-14-12-10-8-6-4-2/h23-26H,3-22,27-28H2,1-2H3. The average Bonchev–Trinajstić information content (AvgIpc) is 3.80. The summed E-state index contributed by atoms with van der Waals surface area (Å²) < 4.78 is 13.1. The molecule has 0 saturated carbocycles. The van der Waals surface area contributed by atoms with E-state index in [9.17, 15) is 9.59 Å². The van der Waals surface area contributed by atoms with E-state index in [-0.39, 0.29) is 11.8 Å². The first kappa shape index (κ1) is 36.8. The van der Waals surface area contributed by atoms with Gasteiger partial charge in [0.25, 0.3) is 11.8 Å². The van der Waals surface area contributed by atoms with Gasteiger partial charge in [-0.1, -0.05) is 129 Å². The first-order valence-electron chi connectivity index (χ1n) is 18.1. The van der Waals surface area contributed by atoms with Crippen molar-refractivity contribution in [2.45, 2.75) is 142 Å². The van der Waals surface area contributed by atoms with Crippen molar-refractivity contribution in [2.75, 3.05) is 13.1 Å². The van der Waals surface area contributed by atoms with Crippen LogP contribution in [-0.2, 0) is 9.59 Å². The van der Waals surface area contributed by atoms with Crippen molar-refractivity contribution in [1.29, 1.82) is 0 Å². The third-order valence-electron chi connectivity index (χ3n) is 9.27. The Morgan fingerprint density at radius 3 is 1.07 bits per heavy atom. The topological polar surface area (TPSA) is 66.9 Å². The summed E-state index contributed by atoms with van der Waals surface area (Å²) in [4.78, 5) is 32.0. The van der Waals surface area contributed by atoms with Crippen LogP contribution in [0.4, 0.5) is 0 Å². The van der Waals surface area contributed by atoms with Gasteiger partial charge in [0, 0.05) is 13.1 Å². The molecule has 0 saturated heterocycles. The van der Waals surface area contributed by atoms with E-state index in [1.54, 1.807) is 9.80 Å². The molecule has 0 radical (unpaired) electrons. The Morgan fingerprint density at radius 1 is 0.478 bits per heavy atom. The molecule has 2 aromatic rings. The number of nitrogens with zero attached hydrogens (tertiary/aromatic N) is 2. The maximum absolute atomic E-state index is 14.2. The molecule has 0 N–H and O–H groups in total. The van der Waals surface area contributed by atoms with Gasteiger partial charge in [-0.05, 0) is 69.0 Å². The molecule has 0 unspecified atom stereocenters. The minimum atomic E-state index is -0.144. The molecule has 46 heavy (non-hydrogen) atoms. The molecule has 0 aliphatic carbocycles. The summed E-state index contributed by atoms with van der Waals surface area (Å²) in [5.41, 5.74) is 2.04. The number of rotatable bonds is 24. The molecule has 0 bridgehead atoms. The highest BCUT2D eigenvalue weighted by Crippen LogP contribution is 2.47. The lowest BCUT2D eigenvalue weighted by Gasteiger charge is -2.23. The maximum Gasteiger partial charge on any atom is 0.261 e. The van der Waals surface area contributed by atoms with E-state index in [2.05, 4.69) is 45.7 Å². The average molecular weight is 763 g/mol. The lowest BCUT2D eigenvalue weighted by molar-refractivity contribution is -0.124. The van der Waals surface area contributed by atoms with Crippen LogP contribution in [-0.4, -0.2) is 34.7 Å². The highest BCUT2D eigenvalue weighted by atomic mass is 79.9. The van der Waals surface area contributed by atoms with Gasteiger partial charge in [0.15, 0.2) is 20.9 Å². The highest BCUT2D eigenvalue weighted by molar-refractivity contribution is 9.10. The fourth-order valence-electron chi connectivity index (χ4n) is 6.73. The van der Waals surface area contributed by atoms with Gasteiger partial charge >= 0.3 is 0 Å². The maximum atomic E-state index is 14.2. The van der Waals surface area contributed by atoms with Crippen LogP contribution in [0.3, 0.4) is 0 Å². The smallest absolute Gasteiger partial charge is 0.261 e. The van der Waals surface area contributed by atoms with E-state index in [0.29, 0.717) is 56.5 Å². The number of carbonyl (C=O) groups is 2. The van der Waals surface area contributed by atoms with Crippen LogP contribution in [0.5, 0.6) is 0 Å². The number of unbranched alkanes of at least 4 members (excludes halogenated alkanes) is 18. The van der Waals surface area contributed by atoms with E-state index < -0.39 is 0 Å². The van der Waals surface area contributed by atoms with Gasteiger partial charge < -0.3 is 18.6 Å². The van der Waals surface area contributed by atoms with Crippen molar-refractivity contribution < 1.29 is 18.4 Å². The molecular weight excluding hydrogens is 708 g/mol. The predicted octanol–water partition coefficient (Wildman–Crippen LogP) is 12.0. The fraction of sp³-hybridized carbons (Fsp3) is 0.632. The predicted molar refractivity (Wildman–Crippen MR) is 194 cm³/mol. The van der Waals surface area contributed by atoms with Crippen LogP contribution in [0.15, 0.2) is 53.6 Å². The Hall–Kier alpha value is -2.06. The van der Waals surface area contributed by atoms with E-state index in [4.69, 9.17) is 8.83 Å². The molecular formula is C38H54Br2N2O4. The summed E-state index contributed by atoms with van der Waals surface area (Å²) in [5.74, 6) is 0.780. The Bertz CT molecular complexity index is 1220. The Balaban J connectivity index is 1.44. The van der Waals surface area contributed by atoms with Crippen molar-refractivity contribution >= 4 is 55.1 Å². The van der Waals surface area contributed by atoms with Crippen molar-refractivity contribution in [3.05, 3.63) is 56.3 Å². The summed E-state index contributed by atoms with van der Waals surface area (Å²) >= 11 is 6.86. The van der Waals surface area contributed by atoms with Gasteiger partial charge in [0.2, 0.25) is 0 Å². The molecule has 6 nitrogen and oxygen atoms in total. The monoisotopic (exact) mass is 760 g/mol. The Kier molecular flexibility index (Phi) is 15.7. The second-order valence-electron chi connectivity index (χ2n) is 12.9. The second kappa shape index (κ2) is 19.7. The number of hydrogen-bond donors (Lipinski definition) is 0. The van der Waals surface area contributed by atoms with Crippen LogP contribution in [0.25, 0.3) is 11.4 Å². The fourth-order valence-corrected chi connectivity index (χ4v) is 7.35. The largest absolute Gasteiger partial charge is 0.448 e. The first-order valence-corrected chi connectivity index (χ1v) is 19.7. The molecule has 254 valence electrons. The van der Waals surface area contributed by atoms with E-state index in [1.165, 1.54) is 89.9 Å². The number of carbonyl (C=O) groups excluding carboxylic acids is 2. The normalized spacial score (nSPS) is 15.0. The SMILES string of the molecule is CCCCCCCCCCCCN1C(=O)C2=C(c3ccc(Br)o3)N(CCCCCCCCCCCC)C(=O)C2=C1c1ccc(Br)o1. The van der Waals surface area contributed by atoms with E-state index in [1.807, 2.05) is 24.3 Å². The molecule has 0 fully saturated rings. The molecule has 8 heteroatoms. The lowest BCUT2D eigenvalue weighted by atomic mass is 10.1. The van der Waals surface area contributed by atoms with Gasteiger partial charge in [-0.3, -0.25) is 9.59 Å². The molecule has 0 aromatic carbocycles. The molecule has 0 spiro atoms. The lowest BCUT2D eigenvalue weighted by Crippen LogP contribution is -2.31. The minimum Gasteiger partial charge on any atom is -0.448 e. The number of halogens is 2. The quantitative estimate of drug-likeness (QED) is 0.0999. The molecule has 0 atom stereocenters. The highest BCUT2D eigenvalue weighted by Gasteiger charge is 2.50. The summed E-state index contributed by atoms with van der Waals surface area (Å²) in [5, 5.41) is 0.